The van der Waals surface area contributed by atoms with Crippen molar-refractivity contribution in [3.63, 3.8) is 0 Å². The van der Waals surface area contributed by atoms with Gasteiger partial charge < -0.3 is 10.1 Å². The van der Waals surface area contributed by atoms with Gasteiger partial charge in [0.15, 0.2) is 0 Å². The molecule has 0 bridgehead atoms. The van der Waals surface area contributed by atoms with Crippen molar-refractivity contribution >= 4 is 11.6 Å². The Morgan fingerprint density at radius 3 is 2.94 bits per heavy atom. The fourth-order valence-corrected chi connectivity index (χ4v) is 2.04. The van der Waals surface area contributed by atoms with Crippen LogP contribution < -0.4 is 5.32 Å². The highest BCUT2D eigenvalue weighted by Crippen LogP contribution is 2.24. The van der Waals surface area contributed by atoms with Gasteiger partial charge in [0.1, 0.15) is 5.82 Å². The lowest BCUT2D eigenvalue weighted by Crippen LogP contribution is -2.44. The van der Waals surface area contributed by atoms with Crippen molar-refractivity contribution in [2.24, 2.45) is 0 Å². The Labute approximate surface area is 99.7 Å². The lowest BCUT2D eigenvalue weighted by molar-refractivity contribution is 0.0170. The highest BCUT2D eigenvalue weighted by atomic mass is 35.5. The summed E-state index contributed by atoms with van der Waals surface area (Å²) >= 11 is 5.97. The molecule has 1 saturated carbocycles. The van der Waals surface area contributed by atoms with Crippen LogP contribution in [0.15, 0.2) is 18.2 Å². The van der Waals surface area contributed by atoms with Crippen LogP contribution in [0.3, 0.4) is 0 Å². The molecule has 1 aliphatic rings. The largest absolute Gasteiger partial charge is 0.381 e. The Kier molecular flexibility index (Phi) is 3.79. The first-order chi connectivity index (χ1) is 7.69. The number of hydrogen-bond donors (Lipinski definition) is 1. The lowest BCUT2D eigenvalue weighted by atomic mass is 9.89. The summed E-state index contributed by atoms with van der Waals surface area (Å²) in [6.45, 7) is 0.609. The zero-order valence-corrected chi connectivity index (χ0v) is 9.93. The van der Waals surface area contributed by atoms with Crippen LogP contribution >= 0.6 is 11.6 Å². The van der Waals surface area contributed by atoms with E-state index in [-0.39, 0.29) is 5.82 Å². The van der Waals surface area contributed by atoms with Gasteiger partial charge in [-0.05, 0) is 36.6 Å². The highest BCUT2D eigenvalue weighted by molar-refractivity contribution is 6.31. The van der Waals surface area contributed by atoms with Gasteiger partial charge in [-0.3, -0.25) is 0 Å². The monoisotopic (exact) mass is 243 g/mol. The van der Waals surface area contributed by atoms with Crippen LogP contribution in [0.2, 0.25) is 5.02 Å². The Balaban J connectivity index is 1.83. The average Bonchev–Trinajstić information content (AvgIpc) is 2.21. The molecule has 0 aromatic heterocycles. The predicted molar refractivity (Wildman–Crippen MR) is 62.1 cm³/mol. The van der Waals surface area contributed by atoms with Crippen molar-refractivity contribution < 1.29 is 9.13 Å². The predicted octanol–water partition coefficient (Wildman–Crippen LogP) is 2.75. The summed E-state index contributed by atoms with van der Waals surface area (Å²) < 4.78 is 18.2. The van der Waals surface area contributed by atoms with Crippen molar-refractivity contribution in [3.05, 3.63) is 34.6 Å². The van der Waals surface area contributed by atoms with E-state index in [1.807, 2.05) is 0 Å². The van der Waals surface area contributed by atoms with Gasteiger partial charge in [-0.25, -0.2) is 4.39 Å². The quantitative estimate of drug-likeness (QED) is 0.878. The van der Waals surface area contributed by atoms with Crippen molar-refractivity contribution in [2.45, 2.75) is 31.5 Å². The van der Waals surface area contributed by atoms with Crippen molar-refractivity contribution in [2.75, 3.05) is 7.11 Å². The van der Waals surface area contributed by atoms with Crippen LogP contribution in [0.25, 0.3) is 0 Å². The van der Waals surface area contributed by atoms with E-state index >= 15 is 0 Å². The van der Waals surface area contributed by atoms with Crippen LogP contribution in [-0.2, 0) is 11.3 Å². The van der Waals surface area contributed by atoms with Gasteiger partial charge in [-0.1, -0.05) is 11.6 Å². The maximum atomic E-state index is 13.0. The highest BCUT2D eigenvalue weighted by Gasteiger charge is 2.28. The SMILES string of the molecule is COC1CC(NCc2cc(F)ccc2Cl)C1. The summed E-state index contributed by atoms with van der Waals surface area (Å²) in [7, 11) is 1.73. The smallest absolute Gasteiger partial charge is 0.123 e. The number of benzene rings is 1. The number of hydrogen-bond acceptors (Lipinski definition) is 2. The van der Waals surface area contributed by atoms with Gasteiger partial charge in [0, 0.05) is 24.7 Å². The third-order valence-corrected chi connectivity index (χ3v) is 3.39. The molecule has 1 fully saturated rings. The molecule has 16 heavy (non-hydrogen) atoms. The lowest BCUT2D eigenvalue weighted by Gasteiger charge is -2.34. The Hall–Kier alpha value is -0.640. The molecular weight excluding hydrogens is 229 g/mol. The van der Waals surface area contributed by atoms with E-state index in [0.717, 1.165) is 18.4 Å². The summed E-state index contributed by atoms with van der Waals surface area (Å²) in [5.41, 5.74) is 0.808. The zero-order chi connectivity index (χ0) is 11.5. The van der Waals surface area contributed by atoms with Crippen LogP contribution in [0.4, 0.5) is 4.39 Å². The summed E-state index contributed by atoms with van der Waals surface area (Å²) in [5, 5.41) is 3.94. The second-order valence-corrected chi connectivity index (χ2v) is 4.55. The molecule has 88 valence electrons. The molecule has 0 amide bonds. The molecule has 2 rings (SSSR count). The maximum absolute atomic E-state index is 13.0. The van der Waals surface area contributed by atoms with Gasteiger partial charge in [0.2, 0.25) is 0 Å². The van der Waals surface area contributed by atoms with Gasteiger partial charge in [0.25, 0.3) is 0 Å². The fourth-order valence-electron chi connectivity index (χ4n) is 1.86. The van der Waals surface area contributed by atoms with E-state index in [4.69, 9.17) is 16.3 Å². The number of halogens is 2. The Morgan fingerprint density at radius 2 is 2.25 bits per heavy atom. The van der Waals surface area contributed by atoms with E-state index in [2.05, 4.69) is 5.32 Å². The summed E-state index contributed by atoms with van der Waals surface area (Å²) in [5.74, 6) is -0.246. The van der Waals surface area contributed by atoms with E-state index in [1.165, 1.54) is 12.1 Å². The minimum absolute atomic E-state index is 0.246. The van der Waals surface area contributed by atoms with Crippen molar-refractivity contribution in [1.29, 1.82) is 0 Å². The van der Waals surface area contributed by atoms with Crippen LogP contribution in [0.1, 0.15) is 18.4 Å². The van der Waals surface area contributed by atoms with E-state index in [0.29, 0.717) is 23.7 Å². The fraction of sp³-hybridized carbons (Fsp3) is 0.500. The number of ether oxygens (including phenoxy) is 1. The van der Waals surface area contributed by atoms with E-state index < -0.39 is 0 Å². The van der Waals surface area contributed by atoms with Crippen LogP contribution in [-0.4, -0.2) is 19.3 Å². The average molecular weight is 244 g/mol. The summed E-state index contributed by atoms with van der Waals surface area (Å²) in [4.78, 5) is 0. The molecule has 0 heterocycles. The number of methoxy groups -OCH3 is 1. The minimum atomic E-state index is -0.246. The maximum Gasteiger partial charge on any atom is 0.123 e. The zero-order valence-electron chi connectivity index (χ0n) is 9.17. The van der Waals surface area contributed by atoms with Crippen LogP contribution in [0, 0.1) is 5.82 Å². The van der Waals surface area contributed by atoms with Crippen molar-refractivity contribution in [1.82, 2.24) is 5.32 Å². The normalized spacial score (nSPS) is 24.2. The van der Waals surface area contributed by atoms with E-state index in [1.54, 1.807) is 13.2 Å². The summed E-state index contributed by atoms with van der Waals surface area (Å²) in [6, 6.07) is 4.90. The van der Waals surface area contributed by atoms with Gasteiger partial charge in [-0.2, -0.15) is 0 Å². The molecule has 0 spiro atoms. The first-order valence-electron chi connectivity index (χ1n) is 5.39. The number of rotatable bonds is 4. The van der Waals surface area contributed by atoms with Gasteiger partial charge in [-0.15, -0.1) is 0 Å². The first-order valence-corrected chi connectivity index (χ1v) is 5.77. The summed E-state index contributed by atoms with van der Waals surface area (Å²) in [6.07, 6.45) is 2.41. The number of nitrogens with one attached hydrogen (secondary N) is 1. The Morgan fingerprint density at radius 1 is 1.50 bits per heavy atom. The molecule has 1 aromatic rings. The molecule has 0 radical (unpaired) electrons. The minimum Gasteiger partial charge on any atom is -0.381 e. The second kappa shape index (κ2) is 5.13. The molecule has 1 aliphatic carbocycles. The third-order valence-electron chi connectivity index (χ3n) is 3.02. The second-order valence-electron chi connectivity index (χ2n) is 4.14. The molecule has 0 atom stereocenters. The molecule has 0 aliphatic heterocycles. The first kappa shape index (κ1) is 11.8. The standard InChI is InChI=1S/C12H15ClFNO/c1-16-11-5-10(6-11)15-7-8-4-9(14)2-3-12(8)13/h2-4,10-11,15H,5-7H2,1H3. The van der Waals surface area contributed by atoms with Gasteiger partial charge >= 0.3 is 0 Å². The molecule has 2 nitrogen and oxygen atoms in total. The van der Waals surface area contributed by atoms with E-state index in [9.17, 15) is 4.39 Å². The Bertz CT molecular complexity index is 366. The molecule has 0 saturated heterocycles. The van der Waals surface area contributed by atoms with Gasteiger partial charge in [0.05, 0.1) is 6.10 Å². The molecule has 0 unspecified atom stereocenters. The molecule has 1 N–H and O–H groups in total. The van der Waals surface area contributed by atoms with Crippen LogP contribution in [0.5, 0.6) is 0 Å². The molecular formula is C12H15ClFNO. The molecule has 4 heteroatoms. The van der Waals surface area contributed by atoms with Crippen molar-refractivity contribution in [3.8, 4) is 0 Å². The topological polar surface area (TPSA) is 21.3 Å². The molecule has 1 aromatic carbocycles. The third kappa shape index (κ3) is 2.73.